The Labute approximate surface area is 198 Å². The van der Waals surface area contributed by atoms with Crippen molar-refractivity contribution in [1.29, 1.82) is 0 Å². The van der Waals surface area contributed by atoms with Crippen molar-refractivity contribution >= 4 is 55.0 Å². The van der Waals surface area contributed by atoms with Crippen LogP contribution in [0, 0.1) is 0 Å². The van der Waals surface area contributed by atoms with Gasteiger partial charge in [0.15, 0.2) is 0 Å². The van der Waals surface area contributed by atoms with Gasteiger partial charge in [0.2, 0.25) is 11.8 Å². The van der Waals surface area contributed by atoms with Gasteiger partial charge in [-0.25, -0.2) is 0 Å². The molecule has 2 amide bonds. The zero-order valence-electron chi connectivity index (χ0n) is 16.9. The average Bonchev–Trinajstić information content (AvgIpc) is 2.81. The van der Waals surface area contributed by atoms with Crippen LogP contribution in [-0.4, -0.2) is 29.6 Å². The van der Waals surface area contributed by atoms with Crippen molar-refractivity contribution in [2.75, 3.05) is 28.4 Å². The van der Waals surface area contributed by atoms with E-state index in [9.17, 15) is 9.59 Å². The fourth-order valence-electron chi connectivity index (χ4n) is 3.36. The molecular weight excluding hydrogens is 524 g/mol. The Bertz CT molecular complexity index is 976. The maximum atomic E-state index is 11.6. The second-order valence-electron chi connectivity index (χ2n) is 6.78. The van der Waals surface area contributed by atoms with E-state index in [1.807, 2.05) is 72.8 Å². The number of para-hydroxylation sites is 1. The zero-order valence-corrected chi connectivity index (χ0v) is 20.1. The Kier molecular flexibility index (Phi) is 8.26. The maximum absolute atomic E-state index is 11.6. The highest BCUT2D eigenvalue weighted by Gasteiger charge is 2.20. The first-order valence-corrected chi connectivity index (χ1v) is 11.8. The van der Waals surface area contributed by atoms with E-state index < -0.39 is 0 Å². The van der Waals surface area contributed by atoms with Crippen LogP contribution in [0.15, 0.2) is 72.8 Å². The molecule has 0 heterocycles. The Morgan fingerprint density at radius 1 is 0.774 bits per heavy atom. The van der Waals surface area contributed by atoms with Gasteiger partial charge in [-0.2, -0.15) is 0 Å². The summed E-state index contributed by atoms with van der Waals surface area (Å²) in [7, 11) is 1.66. The second kappa shape index (κ2) is 11.1. The number of methoxy groups -OCH3 is 1. The minimum absolute atomic E-state index is 0.0852. The van der Waals surface area contributed by atoms with Crippen molar-refractivity contribution in [2.24, 2.45) is 0 Å². The van der Waals surface area contributed by atoms with Gasteiger partial charge in [-0.15, -0.1) is 0 Å². The van der Waals surface area contributed by atoms with Crippen molar-refractivity contribution in [3.63, 3.8) is 0 Å². The third-order valence-corrected chi connectivity index (χ3v) is 5.77. The fourth-order valence-corrected chi connectivity index (χ4v) is 3.64. The van der Waals surface area contributed by atoms with Crippen molar-refractivity contribution < 1.29 is 14.3 Å². The topological polar surface area (TPSA) is 67.4 Å². The Balaban J connectivity index is 2.00. The lowest BCUT2D eigenvalue weighted by molar-refractivity contribution is -0.114. The van der Waals surface area contributed by atoms with E-state index in [1.165, 1.54) is 0 Å². The summed E-state index contributed by atoms with van der Waals surface area (Å²) in [4.78, 5) is 23.3. The van der Waals surface area contributed by atoms with Crippen LogP contribution < -0.4 is 15.4 Å². The van der Waals surface area contributed by atoms with Gasteiger partial charge in [0, 0.05) is 22.9 Å². The summed E-state index contributed by atoms with van der Waals surface area (Å²) in [5.74, 6) is 0.504. The Morgan fingerprint density at radius 3 is 1.65 bits per heavy atom. The number of halogens is 2. The highest BCUT2D eigenvalue weighted by atomic mass is 79.9. The molecule has 31 heavy (non-hydrogen) atoms. The molecule has 0 aliphatic carbocycles. The SMILES string of the molecule is COc1ccccc1C(c1ccc(NC(=O)CBr)cc1)c1ccc(NC(=O)CBr)cc1. The molecule has 0 bridgehead atoms. The summed E-state index contributed by atoms with van der Waals surface area (Å²) >= 11 is 6.31. The predicted octanol–water partition coefficient (Wildman–Crippen LogP) is 5.54. The fraction of sp³-hybridized carbons (Fsp3) is 0.167. The van der Waals surface area contributed by atoms with E-state index in [0.29, 0.717) is 0 Å². The van der Waals surface area contributed by atoms with Crippen LogP contribution >= 0.6 is 31.9 Å². The molecule has 3 rings (SSSR count). The number of hydrogen-bond acceptors (Lipinski definition) is 3. The van der Waals surface area contributed by atoms with E-state index in [1.54, 1.807) is 7.11 Å². The van der Waals surface area contributed by atoms with E-state index in [0.717, 1.165) is 33.8 Å². The molecule has 0 spiro atoms. The quantitative estimate of drug-likeness (QED) is 0.288. The third-order valence-electron chi connectivity index (χ3n) is 4.75. The maximum Gasteiger partial charge on any atom is 0.235 e. The van der Waals surface area contributed by atoms with Crippen LogP contribution in [0.4, 0.5) is 11.4 Å². The Morgan fingerprint density at radius 2 is 1.23 bits per heavy atom. The van der Waals surface area contributed by atoms with Gasteiger partial charge in [0.1, 0.15) is 5.75 Å². The molecule has 0 fully saturated rings. The van der Waals surface area contributed by atoms with Crippen molar-refractivity contribution in [1.82, 2.24) is 0 Å². The highest BCUT2D eigenvalue weighted by molar-refractivity contribution is 9.09. The molecule has 0 atom stereocenters. The molecule has 160 valence electrons. The smallest absolute Gasteiger partial charge is 0.235 e. The van der Waals surface area contributed by atoms with Gasteiger partial charge in [-0.1, -0.05) is 74.3 Å². The van der Waals surface area contributed by atoms with Crippen LogP contribution in [0.5, 0.6) is 5.75 Å². The minimum Gasteiger partial charge on any atom is -0.496 e. The lowest BCUT2D eigenvalue weighted by Gasteiger charge is -2.22. The molecule has 0 saturated carbocycles. The first kappa shape index (κ1) is 23.0. The van der Waals surface area contributed by atoms with Crippen LogP contribution in [0.1, 0.15) is 22.6 Å². The second-order valence-corrected chi connectivity index (χ2v) is 7.90. The van der Waals surface area contributed by atoms with Crippen LogP contribution in [-0.2, 0) is 9.59 Å². The number of benzene rings is 3. The molecule has 2 N–H and O–H groups in total. The molecule has 0 saturated heterocycles. The van der Waals surface area contributed by atoms with Gasteiger partial charge in [0.25, 0.3) is 0 Å². The molecule has 0 aliphatic rings. The van der Waals surface area contributed by atoms with Crippen LogP contribution in [0.25, 0.3) is 0 Å². The van der Waals surface area contributed by atoms with Gasteiger partial charge in [-0.3, -0.25) is 9.59 Å². The lowest BCUT2D eigenvalue weighted by Crippen LogP contribution is -2.13. The number of carbonyl (C=O) groups excluding carboxylic acids is 2. The number of nitrogens with one attached hydrogen (secondary N) is 2. The summed E-state index contributed by atoms with van der Waals surface area (Å²) in [6, 6.07) is 23.5. The van der Waals surface area contributed by atoms with Crippen molar-refractivity contribution in [3.8, 4) is 5.75 Å². The van der Waals surface area contributed by atoms with Gasteiger partial charge in [0.05, 0.1) is 17.8 Å². The molecule has 7 heteroatoms. The van der Waals surface area contributed by atoms with E-state index >= 15 is 0 Å². The van der Waals surface area contributed by atoms with Crippen LogP contribution in [0.3, 0.4) is 0 Å². The lowest BCUT2D eigenvalue weighted by atomic mass is 9.84. The van der Waals surface area contributed by atoms with E-state index in [2.05, 4.69) is 42.5 Å². The standard InChI is InChI=1S/C24H22Br2N2O3/c1-31-21-5-3-2-4-20(21)24(16-6-10-18(11-7-16)27-22(29)14-25)17-8-12-19(13-9-17)28-23(30)15-26/h2-13,24H,14-15H2,1H3,(H,27,29)(H,28,30). The zero-order chi connectivity index (χ0) is 22.2. The van der Waals surface area contributed by atoms with Gasteiger partial charge >= 0.3 is 0 Å². The van der Waals surface area contributed by atoms with E-state index in [-0.39, 0.29) is 28.4 Å². The predicted molar refractivity (Wildman–Crippen MR) is 132 cm³/mol. The molecule has 5 nitrogen and oxygen atoms in total. The Hall–Kier alpha value is -2.64. The number of amides is 2. The first-order valence-electron chi connectivity index (χ1n) is 9.60. The molecular formula is C24H22Br2N2O3. The monoisotopic (exact) mass is 544 g/mol. The summed E-state index contributed by atoms with van der Waals surface area (Å²) in [6.07, 6.45) is 0. The number of rotatable bonds is 8. The van der Waals surface area contributed by atoms with Gasteiger partial charge in [-0.05, 0) is 41.5 Å². The number of hydrogen-bond donors (Lipinski definition) is 2. The number of ether oxygens (including phenoxy) is 1. The largest absolute Gasteiger partial charge is 0.496 e. The molecule has 3 aromatic rings. The van der Waals surface area contributed by atoms with E-state index in [4.69, 9.17) is 4.74 Å². The summed E-state index contributed by atoms with van der Waals surface area (Å²) in [5.41, 5.74) is 4.61. The third kappa shape index (κ3) is 5.95. The summed E-state index contributed by atoms with van der Waals surface area (Å²) in [6.45, 7) is 0. The highest BCUT2D eigenvalue weighted by Crippen LogP contribution is 2.37. The first-order chi connectivity index (χ1) is 15.0. The summed E-state index contributed by atoms with van der Waals surface area (Å²) < 4.78 is 5.63. The molecule has 0 unspecified atom stereocenters. The number of carbonyl (C=O) groups is 2. The van der Waals surface area contributed by atoms with Gasteiger partial charge < -0.3 is 15.4 Å². The van der Waals surface area contributed by atoms with Crippen molar-refractivity contribution in [2.45, 2.75) is 5.92 Å². The molecule has 0 radical (unpaired) electrons. The number of anilines is 2. The van der Waals surface area contributed by atoms with Crippen molar-refractivity contribution in [3.05, 3.63) is 89.5 Å². The molecule has 0 aliphatic heterocycles. The normalized spacial score (nSPS) is 10.6. The molecule has 0 aromatic heterocycles. The summed E-state index contributed by atoms with van der Waals surface area (Å²) in [5, 5.41) is 6.17. The van der Waals surface area contributed by atoms with Crippen LogP contribution in [0.2, 0.25) is 0 Å². The average molecular weight is 546 g/mol. The molecule has 3 aromatic carbocycles. The minimum atomic E-state index is -0.102. The number of alkyl halides is 2.